The molecule has 20 heavy (non-hydrogen) atoms. The molecule has 0 saturated carbocycles. The molecule has 1 aliphatic rings. The molecular formula is C15H14O5. The standard InChI is InChI=1S/C15H14O5/c1-15(2)7-10(17)13(18)14(20-15)12-5-8-3-4-9(16)6-11(8)19-12/h3-7,14,16-17H,1-2H3. The highest BCUT2D eigenvalue weighted by Crippen LogP contribution is 2.36. The lowest BCUT2D eigenvalue weighted by Crippen LogP contribution is -2.34. The Kier molecular flexibility index (Phi) is 2.62. The Morgan fingerprint density at radius 2 is 1.95 bits per heavy atom. The molecule has 0 aliphatic carbocycles. The van der Waals surface area contributed by atoms with Crippen LogP contribution in [0.3, 0.4) is 0 Å². The first kappa shape index (κ1) is 12.7. The third-order valence-corrected chi connectivity index (χ3v) is 3.18. The molecule has 1 unspecified atom stereocenters. The van der Waals surface area contributed by atoms with E-state index in [1.54, 1.807) is 26.0 Å². The van der Waals surface area contributed by atoms with Gasteiger partial charge in [-0.05, 0) is 38.1 Å². The van der Waals surface area contributed by atoms with Crippen LogP contribution in [0.5, 0.6) is 5.75 Å². The van der Waals surface area contributed by atoms with Crippen molar-refractivity contribution in [3.63, 3.8) is 0 Å². The fourth-order valence-electron chi connectivity index (χ4n) is 2.28. The van der Waals surface area contributed by atoms with E-state index in [4.69, 9.17) is 9.15 Å². The number of ketones is 1. The zero-order valence-electron chi connectivity index (χ0n) is 11.1. The number of rotatable bonds is 1. The maximum absolute atomic E-state index is 12.0. The summed E-state index contributed by atoms with van der Waals surface area (Å²) >= 11 is 0. The summed E-state index contributed by atoms with van der Waals surface area (Å²) in [6.45, 7) is 3.49. The summed E-state index contributed by atoms with van der Waals surface area (Å²) in [5.74, 6) is -0.470. The number of phenols is 1. The number of ether oxygens (including phenoxy) is 1. The third-order valence-electron chi connectivity index (χ3n) is 3.18. The predicted molar refractivity (Wildman–Crippen MR) is 71.5 cm³/mol. The van der Waals surface area contributed by atoms with E-state index in [1.165, 1.54) is 18.2 Å². The molecule has 0 radical (unpaired) electrons. The zero-order valence-corrected chi connectivity index (χ0v) is 11.1. The number of furan rings is 1. The van der Waals surface area contributed by atoms with Crippen LogP contribution in [0.2, 0.25) is 0 Å². The lowest BCUT2D eigenvalue weighted by atomic mass is 9.99. The highest BCUT2D eigenvalue weighted by Gasteiger charge is 2.38. The SMILES string of the molecule is CC1(C)C=C(O)C(=O)C(c2cc3ccc(O)cc3o2)O1. The van der Waals surface area contributed by atoms with Crippen LogP contribution in [0.4, 0.5) is 0 Å². The largest absolute Gasteiger partial charge is 0.508 e. The fourth-order valence-corrected chi connectivity index (χ4v) is 2.28. The lowest BCUT2D eigenvalue weighted by molar-refractivity contribution is -0.143. The lowest BCUT2D eigenvalue weighted by Gasteiger charge is -2.30. The third kappa shape index (κ3) is 2.06. The van der Waals surface area contributed by atoms with Crippen molar-refractivity contribution in [1.29, 1.82) is 0 Å². The highest BCUT2D eigenvalue weighted by molar-refractivity contribution is 5.98. The number of fused-ring (bicyclic) bond motifs is 1. The molecule has 0 spiro atoms. The molecule has 1 aromatic heterocycles. The number of Topliss-reactive ketones (excluding diaryl/α,β-unsaturated/α-hetero) is 1. The van der Waals surface area contributed by atoms with Crippen LogP contribution >= 0.6 is 0 Å². The Morgan fingerprint density at radius 3 is 2.70 bits per heavy atom. The number of carbonyl (C=O) groups is 1. The molecule has 1 atom stereocenters. The summed E-state index contributed by atoms with van der Waals surface area (Å²) in [7, 11) is 0. The van der Waals surface area contributed by atoms with Gasteiger partial charge in [-0.2, -0.15) is 0 Å². The maximum atomic E-state index is 12.0. The average molecular weight is 274 g/mol. The number of phenolic OH excluding ortho intramolecular Hbond substituents is 1. The predicted octanol–water partition coefficient (Wildman–Crippen LogP) is 3.00. The van der Waals surface area contributed by atoms with E-state index in [9.17, 15) is 15.0 Å². The molecule has 2 N–H and O–H groups in total. The molecule has 1 aliphatic heterocycles. The first-order valence-corrected chi connectivity index (χ1v) is 6.22. The van der Waals surface area contributed by atoms with E-state index >= 15 is 0 Å². The van der Waals surface area contributed by atoms with Crippen LogP contribution in [-0.2, 0) is 9.53 Å². The molecule has 1 aromatic carbocycles. The molecule has 2 heterocycles. The number of aliphatic hydroxyl groups is 1. The van der Waals surface area contributed by atoms with Crippen molar-refractivity contribution in [2.45, 2.75) is 25.6 Å². The van der Waals surface area contributed by atoms with E-state index in [-0.39, 0.29) is 11.5 Å². The summed E-state index contributed by atoms with van der Waals surface area (Å²) in [5.41, 5.74) is -0.299. The van der Waals surface area contributed by atoms with Crippen molar-refractivity contribution in [3.8, 4) is 5.75 Å². The molecule has 0 saturated heterocycles. The maximum Gasteiger partial charge on any atom is 0.233 e. The van der Waals surface area contributed by atoms with E-state index in [1.807, 2.05) is 0 Å². The van der Waals surface area contributed by atoms with Gasteiger partial charge in [0.2, 0.25) is 5.78 Å². The second-order valence-electron chi connectivity index (χ2n) is 5.37. The number of aromatic hydroxyl groups is 1. The molecule has 3 rings (SSSR count). The molecular weight excluding hydrogens is 260 g/mol. The van der Waals surface area contributed by atoms with Crippen molar-refractivity contribution in [3.05, 3.63) is 41.9 Å². The quantitative estimate of drug-likeness (QED) is 0.835. The smallest absolute Gasteiger partial charge is 0.233 e. The topological polar surface area (TPSA) is 79.9 Å². The van der Waals surface area contributed by atoms with Gasteiger partial charge >= 0.3 is 0 Å². The average Bonchev–Trinajstić information content (AvgIpc) is 2.76. The monoisotopic (exact) mass is 274 g/mol. The van der Waals surface area contributed by atoms with Crippen molar-refractivity contribution in [1.82, 2.24) is 0 Å². The Morgan fingerprint density at radius 1 is 1.20 bits per heavy atom. The highest BCUT2D eigenvalue weighted by atomic mass is 16.5. The van der Waals surface area contributed by atoms with E-state index in [0.717, 1.165) is 5.39 Å². The number of carbonyl (C=O) groups excluding carboxylic acids is 1. The van der Waals surface area contributed by atoms with Crippen LogP contribution in [0.15, 0.2) is 40.5 Å². The van der Waals surface area contributed by atoms with Crippen LogP contribution < -0.4 is 0 Å². The van der Waals surface area contributed by atoms with Gasteiger partial charge in [-0.3, -0.25) is 4.79 Å². The minimum atomic E-state index is -0.982. The Labute approximate surface area is 115 Å². The number of hydrogen-bond acceptors (Lipinski definition) is 5. The van der Waals surface area contributed by atoms with Crippen molar-refractivity contribution < 1.29 is 24.2 Å². The first-order chi connectivity index (χ1) is 9.35. The Bertz CT molecular complexity index is 723. The van der Waals surface area contributed by atoms with Crippen molar-refractivity contribution in [2.24, 2.45) is 0 Å². The number of benzene rings is 1. The zero-order chi connectivity index (χ0) is 14.5. The molecule has 0 bridgehead atoms. The summed E-state index contributed by atoms with van der Waals surface area (Å²) in [6.07, 6.45) is 0.393. The van der Waals surface area contributed by atoms with Crippen LogP contribution in [0, 0.1) is 0 Å². The molecule has 0 amide bonds. The molecule has 104 valence electrons. The first-order valence-electron chi connectivity index (χ1n) is 6.22. The summed E-state index contributed by atoms with van der Waals surface area (Å²) in [6, 6.07) is 6.36. The van der Waals surface area contributed by atoms with Gasteiger partial charge in [-0.15, -0.1) is 0 Å². The normalized spacial score (nSPS) is 22.0. The van der Waals surface area contributed by atoms with Crippen molar-refractivity contribution in [2.75, 3.05) is 0 Å². The molecule has 5 heteroatoms. The summed E-state index contributed by atoms with van der Waals surface area (Å²) < 4.78 is 11.2. The van der Waals surface area contributed by atoms with E-state index in [0.29, 0.717) is 11.3 Å². The molecule has 0 fully saturated rings. The number of hydrogen-bond donors (Lipinski definition) is 2. The van der Waals surface area contributed by atoms with Gasteiger partial charge in [-0.25, -0.2) is 0 Å². The second-order valence-corrected chi connectivity index (χ2v) is 5.37. The minimum Gasteiger partial charge on any atom is -0.508 e. The van der Waals surface area contributed by atoms with Gasteiger partial charge < -0.3 is 19.4 Å². The molecule has 2 aromatic rings. The van der Waals surface area contributed by atoms with Crippen LogP contribution in [-0.4, -0.2) is 21.6 Å². The van der Waals surface area contributed by atoms with Gasteiger partial charge in [0.15, 0.2) is 11.9 Å². The van der Waals surface area contributed by atoms with Gasteiger partial charge in [0.1, 0.15) is 17.1 Å². The summed E-state index contributed by atoms with van der Waals surface area (Å²) in [4.78, 5) is 12.0. The van der Waals surface area contributed by atoms with E-state index < -0.39 is 17.5 Å². The summed E-state index contributed by atoms with van der Waals surface area (Å²) in [5, 5.41) is 19.9. The van der Waals surface area contributed by atoms with Crippen molar-refractivity contribution >= 4 is 16.8 Å². The number of aliphatic hydroxyl groups excluding tert-OH is 1. The van der Waals surface area contributed by atoms with Crippen LogP contribution in [0.25, 0.3) is 11.0 Å². The fraction of sp³-hybridized carbons (Fsp3) is 0.267. The van der Waals surface area contributed by atoms with Crippen LogP contribution in [0.1, 0.15) is 25.7 Å². The van der Waals surface area contributed by atoms with Gasteiger partial charge in [0.05, 0.1) is 5.60 Å². The minimum absolute atomic E-state index is 0.0809. The Hall–Kier alpha value is -2.27. The van der Waals surface area contributed by atoms with Gasteiger partial charge in [-0.1, -0.05) is 0 Å². The molecule has 5 nitrogen and oxygen atoms in total. The second kappa shape index (κ2) is 4.11. The van der Waals surface area contributed by atoms with E-state index in [2.05, 4.69) is 0 Å². The van der Waals surface area contributed by atoms with Gasteiger partial charge in [0, 0.05) is 11.5 Å². The Balaban J connectivity index is 2.06. The van der Waals surface area contributed by atoms with Gasteiger partial charge in [0.25, 0.3) is 0 Å².